The molecule has 0 nitrogen and oxygen atoms in total. The van der Waals surface area contributed by atoms with Crippen molar-refractivity contribution in [3.05, 3.63) is 12.2 Å². The number of rotatable bonds is 3. The molecular formula is C14H24. The van der Waals surface area contributed by atoms with Crippen LogP contribution in [0, 0.1) is 11.8 Å². The summed E-state index contributed by atoms with van der Waals surface area (Å²) in [4.78, 5) is 0. The summed E-state index contributed by atoms with van der Waals surface area (Å²) < 4.78 is 0. The van der Waals surface area contributed by atoms with Crippen LogP contribution in [-0.2, 0) is 0 Å². The van der Waals surface area contributed by atoms with Crippen LogP contribution in [0.3, 0.4) is 0 Å². The summed E-state index contributed by atoms with van der Waals surface area (Å²) >= 11 is 0. The molecule has 2 rings (SSSR count). The van der Waals surface area contributed by atoms with E-state index in [1.165, 1.54) is 64.2 Å². The van der Waals surface area contributed by atoms with Gasteiger partial charge in [-0.05, 0) is 37.5 Å². The third-order valence-electron chi connectivity index (χ3n) is 4.09. The first kappa shape index (κ1) is 10.3. The summed E-state index contributed by atoms with van der Waals surface area (Å²) in [5.74, 6) is 2.12. The van der Waals surface area contributed by atoms with Crippen LogP contribution in [-0.4, -0.2) is 0 Å². The van der Waals surface area contributed by atoms with Crippen LogP contribution in [0.1, 0.15) is 64.2 Å². The third-order valence-corrected chi connectivity index (χ3v) is 4.09. The fourth-order valence-corrected chi connectivity index (χ4v) is 3.07. The van der Waals surface area contributed by atoms with Gasteiger partial charge in [0, 0.05) is 0 Å². The highest BCUT2D eigenvalue weighted by Gasteiger charge is 2.16. The van der Waals surface area contributed by atoms with Crippen molar-refractivity contribution in [1.82, 2.24) is 0 Å². The topological polar surface area (TPSA) is 0 Å². The van der Waals surface area contributed by atoms with Crippen LogP contribution in [0.2, 0.25) is 0 Å². The summed E-state index contributed by atoms with van der Waals surface area (Å²) in [7, 11) is 0. The Labute approximate surface area is 88.8 Å². The molecule has 0 spiro atoms. The monoisotopic (exact) mass is 192 g/mol. The minimum atomic E-state index is 1.03. The quantitative estimate of drug-likeness (QED) is 0.568. The van der Waals surface area contributed by atoms with Crippen molar-refractivity contribution in [2.24, 2.45) is 11.8 Å². The van der Waals surface area contributed by atoms with E-state index >= 15 is 0 Å². The van der Waals surface area contributed by atoms with Crippen molar-refractivity contribution >= 4 is 0 Å². The van der Waals surface area contributed by atoms with E-state index in [9.17, 15) is 0 Å². The standard InChI is InChI=1S/C14H24/c1-3-7-13(8-4-1)11-12-14-9-5-2-6-10-14/h1,3,13-14H,2,4-12H2. The molecule has 0 N–H and O–H groups in total. The molecule has 0 aromatic heterocycles. The molecule has 0 radical (unpaired) electrons. The van der Waals surface area contributed by atoms with Gasteiger partial charge < -0.3 is 0 Å². The zero-order valence-corrected chi connectivity index (χ0v) is 9.38. The second kappa shape index (κ2) is 5.58. The Morgan fingerprint density at radius 3 is 2.29 bits per heavy atom. The predicted octanol–water partition coefficient (Wildman–Crippen LogP) is 4.70. The van der Waals surface area contributed by atoms with E-state index in [-0.39, 0.29) is 0 Å². The SMILES string of the molecule is C1=CCC(CCC2CCCCC2)CC1. The van der Waals surface area contributed by atoms with Crippen molar-refractivity contribution < 1.29 is 0 Å². The zero-order valence-electron chi connectivity index (χ0n) is 9.38. The van der Waals surface area contributed by atoms with Gasteiger partial charge in [-0.25, -0.2) is 0 Å². The van der Waals surface area contributed by atoms with Gasteiger partial charge in [-0.3, -0.25) is 0 Å². The van der Waals surface area contributed by atoms with Crippen LogP contribution < -0.4 is 0 Å². The summed E-state index contributed by atoms with van der Waals surface area (Å²) in [6, 6.07) is 0. The maximum absolute atomic E-state index is 2.40. The van der Waals surface area contributed by atoms with Crippen molar-refractivity contribution in [3.8, 4) is 0 Å². The largest absolute Gasteiger partial charge is 0.0885 e. The first-order chi connectivity index (χ1) is 6.95. The molecule has 2 aliphatic carbocycles. The molecule has 1 saturated carbocycles. The van der Waals surface area contributed by atoms with Crippen LogP contribution >= 0.6 is 0 Å². The zero-order chi connectivity index (χ0) is 9.64. The highest BCUT2D eigenvalue weighted by molar-refractivity contribution is 4.90. The summed E-state index contributed by atoms with van der Waals surface area (Å²) in [5.41, 5.74) is 0. The lowest BCUT2D eigenvalue weighted by Gasteiger charge is -2.24. The summed E-state index contributed by atoms with van der Waals surface area (Å²) in [6.45, 7) is 0. The van der Waals surface area contributed by atoms with Crippen LogP contribution in [0.15, 0.2) is 12.2 Å². The average molecular weight is 192 g/mol. The maximum Gasteiger partial charge on any atom is -0.0322 e. The van der Waals surface area contributed by atoms with E-state index in [1.807, 2.05) is 0 Å². The van der Waals surface area contributed by atoms with E-state index in [2.05, 4.69) is 12.2 Å². The molecule has 0 heterocycles. The Morgan fingerprint density at radius 2 is 1.57 bits per heavy atom. The Balaban J connectivity index is 1.63. The lowest BCUT2D eigenvalue weighted by Crippen LogP contribution is -2.10. The molecule has 2 aliphatic rings. The molecule has 0 aromatic rings. The molecule has 0 aromatic carbocycles. The molecule has 0 amide bonds. The van der Waals surface area contributed by atoms with E-state index in [1.54, 1.807) is 0 Å². The van der Waals surface area contributed by atoms with E-state index < -0.39 is 0 Å². The second-order valence-electron chi connectivity index (χ2n) is 5.23. The van der Waals surface area contributed by atoms with Crippen LogP contribution in [0.4, 0.5) is 0 Å². The fourth-order valence-electron chi connectivity index (χ4n) is 3.07. The summed E-state index contributed by atoms with van der Waals surface area (Å²) in [6.07, 6.45) is 19.5. The molecule has 0 aliphatic heterocycles. The molecule has 0 bridgehead atoms. The molecule has 1 atom stereocenters. The van der Waals surface area contributed by atoms with E-state index in [4.69, 9.17) is 0 Å². The lowest BCUT2D eigenvalue weighted by molar-refractivity contribution is 0.300. The number of hydrogen-bond acceptors (Lipinski definition) is 0. The molecule has 0 saturated heterocycles. The minimum absolute atomic E-state index is 1.03. The smallest absolute Gasteiger partial charge is 0.0322 e. The van der Waals surface area contributed by atoms with Gasteiger partial charge in [0.25, 0.3) is 0 Å². The molecule has 14 heavy (non-hydrogen) atoms. The fraction of sp³-hybridized carbons (Fsp3) is 0.857. The van der Waals surface area contributed by atoms with Gasteiger partial charge in [-0.1, -0.05) is 50.7 Å². The normalized spacial score (nSPS) is 29.3. The Kier molecular flexibility index (Phi) is 4.09. The first-order valence-corrected chi connectivity index (χ1v) is 6.60. The highest BCUT2D eigenvalue weighted by Crippen LogP contribution is 2.31. The van der Waals surface area contributed by atoms with Crippen molar-refractivity contribution in [1.29, 1.82) is 0 Å². The van der Waals surface area contributed by atoms with E-state index in [0.29, 0.717) is 0 Å². The third kappa shape index (κ3) is 3.15. The van der Waals surface area contributed by atoms with Crippen LogP contribution in [0.25, 0.3) is 0 Å². The second-order valence-corrected chi connectivity index (χ2v) is 5.23. The van der Waals surface area contributed by atoms with Crippen molar-refractivity contribution in [3.63, 3.8) is 0 Å². The molecule has 0 heteroatoms. The number of hydrogen-bond donors (Lipinski definition) is 0. The van der Waals surface area contributed by atoms with Crippen molar-refractivity contribution in [2.45, 2.75) is 64.2 Å². The highest BCUT2D eigenvalue weighted by atomic mass is 14.2. The molecule has 1 fully saturated rings. The lowest BCUT2D eigenvalue weighted by atomic mass is 9.82. The van der Waals surface area contributed by atoms with E-state index in [0.717, 1.165) is 11.8 Å². The number of allylic oxidation sites excluding steroid dienone is 2. The van der Waals surface area contributed by atoms with Gasteiger partial charge in [0.05, 0.1) is 0 Å². The molecule has 1 unspecified atom stereocenters. The van der Waals surface area contributed by atoms with Gasteiger partial charge in [-0.2, -0.15) is 0 Å². The van der Waals surface area contributed by atoms with Gasteiger partial charge in [0.2, 0.25) is 0 Å². The maximum atomic E-state index is 2.40. The minimum Gasteiger partial charge on any atom is -0.0885 e. The van der Waals surface area contributed by atoms with Gasteiger partial charge in [0.1, 0.15) is 0 Å². The first-order valence-electron chi connectivity index (χ1n) is 6.60. The Morgan fingerprint density at radius 1 is 0.786 bits per heavy atom. The predicted molar refractivity (Wildman–Crippen MR) is 62.3 cm³/mol. The molecule has 80 valence electrons. The summed E-state index contributed by atoms with van der Waals surface area (Å²) in [5, 5.41) is 0. The van der Waals surface area contributed by atoms with Crippen molar-refractivity contribution in [2.75, 3.05) is 0 Å². The Bertz CT molecular complexity index is 174. The van der Waals surface area contributed by atoms with Gasteiger partial charge in [-0.15, -0.1) is 0 Å². The van der Waals surface area contributed by atoms with Gasteiger partial charge >= 0.3 is 0 Å². The molecular weight excluding hydrogens is 168 g/mol. The average Bonchev–Trinajstić information content (AvgIpc) is 2.29. The Hall–Kier alpha value is -0.260. The van der Waals surface area contributed by atoms with Gasteiger partial charge in [0.15, 0.2) is 0 Å². The van der Waals surface area contributed by atoms with Crippen LogP contribution in [0.5, 0.6) is 0 Å².